The molecule has 0 spiro atoms. The molecule has 5 nitrogen and oxygen atoms in total. The number of carboxylic acids is 1. The molecule has 0 heterocycles. The van der Waals surface area contributed by atoms with E-state index in [4.69, 9.17) is 10.2 Å². The summed E-state index contributed by atoms with van der Waals surface area (Å²) in [5.41, 5.74) is 0. The van der Waals surface area contributed by atoms with Gasteiger partial charge in [0.05, 0.1) is 12.4 Å². The average Bonchev–Trinajstić information content (AvgIpc) is 2.37. The Labute approximate surface area is 111 Å². The van der Waals surface area contributed by atoms with Gasteiger partial charge in [0, 0.05) is 4.90 Å². The zero-order valence-electron chi connectivity index (χ0n) is 9.60. The SMILES string of the molecule is O=C(CSc1ccc(F)c(F)c1)N[C@H](CO)C(=O)O. The predicted molar refractivity (Wildman–Crippen MR) is 63.7 cm³/mol. The van der Waals surface area contributed by atoms with Crippen LogP contribution in [0.1, 0.15) is 0 Å². The molecule has 8 heteroatoms. The zero-order chi connectivity index (χ0) is 14.4. The highest BCUT2D eigenvalue weighted by atomic mass is 32.2. The summed E-state index contributed by atoms with van der Waals surface area (Å²) in [5, 5.41) is 19.4. The van der Waals surface area contributed by atoms with Crippen molar-refractivity contribution in [2.24, 2.45) is 0 Å². The molecule has 0 aliphatic heterocycles. The number of aliphatic hydroxyl groups excluding tert-OH is 1. The van der Waals surface area contributed by atoms with Crippen molar-refractivity contribution in [2.45, 2.75) is 10.9 Å². The predicted octanol–water partition coefficient (Wildman–Crippen LogP) is 0.619. The second-order valence-electron chi connectivity index (χ2n) is 3.51. The van der Waals surface area contributed by atoms with Crippen molar-refractivity contribution in [1.82, 2.24) is 5.32 Å². The maximum atomic E-state index is 12.9. The van der Waals surface area contributed by atoms with Crippen LogP contribution in [0.3, 0.4) is 0 Å². The van der Waals surface area contributed by atoms with Gasteiger partial charge in [0.25, 0.3) is 0 Å². The van der Waals surface area contributed by atoms with Crippen molar-refractivity contribution in [2.75, 3.05) is 12.4 Å². The van der Waals surface area contributed by atoms with Crippen molar-refractivity contribution in [3.63, 3.8) is 0 Å². The van der Waals surface area contributed by atoms with E-state index in [0.717, 1.165) is 23.9 Å². The highest BCUT2D eigenvalue weighted by Gasteiger charge is 2.18. The number of hydrogen-bond acceptors (Lipinski definition) is 4. The number of carbonyl (C=O) groups excluding carboxylic acids is 1. The molecule has 0 aliphatic rings. The maximum Gasteiger partial charge on any atom is 0.328 e. The smallest absolute Gasteiger partial charge is 0.328 e. The number of thioether (sulfide) groups is 1. The molecular weight excluding hydrogens is 280 g/mol. The highest BCUT2D eigenvalue weighted by molar-refractivity contribution is 8.00. The summed E-state index contributed by atoms with van der Waals surface area (Å²) >= 11 is 0.922. The van der Waals surface area contributed by atoms with Crippen LogP contribution in [0.4, 0.5) is 8.78 Å². The second kappa shape index (κ2) is 7.05. The number of carbonyl (C=O) groups is 2. The molecule has 0 bridgehead atoms. The Morgan fingerprint density at radius 1 is 1.32 bits per heavy atom. The average molecular weight is 291 g/mol. The van der Waals surface area contributed by atoms with Crippen molar-refractivity contribution in [3.8, 4) is 0 Å². The molecule has 1 aromatic rings. The zero-order valence-corrected chi connectivity index (χ0v) is 10.4. The summed E-state index contributed by atoms with van der Waals surface area (Å²) in [6.07, 6.45) is 0. The molecule has 1 rings (SSSR count). The van der Waals surface area contributed by atoms with E-state index in [2.05, 4.69) is 5.32 Å². The molecule has 0 radical (unpaired) electrons. The molecule has 0 aliphatic carbocycles. The Kier molecular flexibility index (Phi) is 5.71. The lowest BCUT2D eigenvalue weighted by atomic mass is 10.3. The third-order valence-electron chi connectivity index (χ3n) is 2.08. The summed E-state index contributed by atoms with van der Waals surface area (Å²) in [7, 11) is 0. The molecule has 0 aromatic heterocycles. The molecule has 1 aromatic carbocycles. The number of halogens is 2. The Balaban J connectivity index is 2.49. The van der Waals surface area contributed by atoms with E-state index in [9.17, 15) is 18.4 Å². The van der Waals surface area contributed by atoms with E-state index >= 15 is 0 Å². The Hall–Kier alpha value is -1.67. The Morgan fingerprint density at radius 3 is 2.53 bits per heavy atom. The van der Waals surface area contributed by atoms with Gasteiger partial charge in [-0.15, -0.1) is 11.8 Å². The maximum absolute atomic E-state index is 12.9. The van der Waals surface area contributed by atoms with Crippen LogP contribution in [-0.4, -0.2) is 40.5 Å². The minimum absolute atomic E-state index is 0.172. The number of nitrogens with one attached hydrogen (secondary N) is 1. The standard InChI is InChI=1S/C11H11F2NO4S/c12-7-2-1-6(3-8(7)13)19-5-10(16)14-9(4-15)11(17)18/h1-3,9,15H,4-5H2,(H,14,16)(H,17,18)/t9-/m1/s1. The van der Waals surface area contributed by atoms with Gasteiger partial charge in [0.2, 0.25) is 5.91 Å². The van der Waals surface area contributed by atoms with Gasteiger partial charge in [-0.25, -0.2) is 13.6 Å². The summed E-state index contributed by atoms with van der Waals surface area (Å²) in [6, 6.07) is 1.80. The van der Waals surface area contributed by atoms with Gasteiger partial charge in [0.15, 0.2) is 11.6 Å². The van der Waals surface area contributed by atoms with Crippen molar-refractivity contribution < 1.29 is 28.6 Å². The first-order valence-corrected chi connectivity index (χ1v) is 6.13. The fourth-order valence-corrected chi connectivity index (χ4v) is 1.87. The normalized spacial score (nSPS) is 11.9. The van der Waals surface area contributed by atoms with Crippen molar-refractivity contribution >= 4 is 23.6 Å². The lowest BCUT2D eigenvalue weighted by molar-refractivity contribution is -0.142. The fourth-order valence-electron chi connectivity index (χ4n) is 1.14. The minimum atomic E-state index is -1.38. The minimum Gasteiger partial charge on any atom is -0.480 e. The highest BCUT2D eigenvalue weighted by Crippen LogP contribution is 2.20. The van der Waals surface area contributed by atoms with Gasteiger partial charge in [-0.2, -0.15) is 0 Å². The Bertz CT molecular complexity index is 484. The van der Waals surface area contributed by atoms with E-state index in [1.54, 1.807) is 0 Å². The summed E-state index contributed by atoms with van der Waals surface area (Å²) in [6.45, 7) is -0.725. The van der Waals surface area contributed by atoms with Crippen molar-refractivity contribution in [3.05, 3.63) is 29.8 Å². The third-order valence-corrected chi connectivity index (χ3v) is 3.07. The molecule has 0 saturated carbocycles. The van der Waals surface area contributed by atoms with E-state index in [1.165, 1.54) is 6.07 Å². The van der Waals surface area contributed by atoms with Crippen LogP contribution < -0.4 is 5.32 Å². The van der Waals surface area contributed by atoms with Gasteiger partial charge in [-0.1, -0.05) is 0 Å². The van der Waals surface area contributed by atoms with Gasteiger partial charge in [0.1, 0.15) is 6.04 Å². The molecule has 3 N–H and O–H groups in total. The monoisotopic (exact) mass is 291 g/mol. The molecule has 0 saturated heterocycles. The van der Waals surface area contributed by atoms with E-state index in [1.807, 2.05) is 0 Å². The van der Waals surface area contributed by atoms with Crippen LogP contribution in [0.15, 0.2) is 23.1 Å². The van der Waals surface area contributed by atoms with E-state index in [0.29, 0.717) is 4.90 Å². The third kappa shape index (κ3) is 4.84. The fraction of sp³-hybridized carbons (Fsp3) is 0.273. The first-order chi connectivity index (χ1) is 8.93. The van der Waals surface area contributed by atoms with Crippen LogP contribution in [-0.2, 0) is 9.59 Å². The van der Waals surface area contributed by atoms with E-state index in [-0.39, 0.29) is 5.75 Å². The molecule has 0 fully saturated rings. The van der Waals surface area contributed by atoms with Crippen LogP contribution in [0, 0.1) is 11.6 Å². The van der Waals surface area contributed by atoms with Crippen LogP contribution in [0.25, 0.3) is 0 Å². The summed E-state index contributed by atoms with van der Waals surface area (Å²) in [5.74, 6) is -4.16. The van der Waals surface area contributed by atoms with Gasteiger partial charge in [-0.3, -0.25) is 4.79 Å². The number of benzene rings is 1. The summed E-state index contributed by atoms with van der Waals surface area (Å²) in [4.78, 5) is 22.3. The number of carboxylic acid groups (broad SMARTS) is 1. The van der Waals surface area contributed by atoms with E-state index < -0.39 is 36.2 Å². The van der Waals surface area contributed by atoms with Crippen molar-refractivity contribution in [1.29, 1.82) is 0 Å². The van der Waals surface area contributed by atoms with Gasteiger partial charge in [-0.05, 0) is 18.2 Å². The van der Waals surface area contributed by atoms with Crippen LogP contribution >= 0.6 is 11.8 Å². The van der Waals surface area contributed by atoms with Crippen LogP contribution in [0.2, 0.25) is 0 Å². The quantitative estimate of drug-likeness (QED) is 0.669. The molecular formula is C11H11F2NO4S. The Morgan fingerprint density at radius 2 is 2.00 bits per heavy atom. The number of aliphatic hydroxyl groups is 1. The lowest BCUT2D eigenvalue weighted by Crippen LogP contribution is -2.44. The first kappa shape index (κ1) is 15.4. The summed E-state index contributed by atoms with van der Waals surface area (Å²) < 4.78 is 25.5. The molecule has 0 unspecified atom stereocenters. The van der Waals surface area contributed by atoms with Gasteiger partial charge >= 0.3 is 5.97 Å². The molecule has 19 heavy (non-hydrogen) atoms. The number of rotatable bonds is 6. The second-order valence-corrected chi connectivity index (χ2v) is 4.55. The van der Waals surface area contributed by atoms with Crippen LogP contribution in [0.5, 0.6) is 0 Å². The molecule has 1 atom stereocenters. The molecule has 1 amide bonds. The first-order valence-electron chi connectivity index (χ1n) is 5.15. The largest absolute Gasteiger partial charge is 0.480 e. The lowest BCUT2D eigenvalue weighted by Gasteiger charge is -2.11. The number of hydrogen-bond donors (Lipinski definition) is 3. The number of amides is 1. The number of aliphatic carboxylic acids is 1. The van der Waals surface area contributed by atoms with Gasteiger partial charge < -0.3 is 15.5 Å². The molecule has 104 valence electrons. The topological polar surface area (TPSA) is 86.6 Å².